The van der Waals surface area contributed by atoms with Gasteiger partial charge in [0.1, 0.15) is 18.3 Å². The van der Waals surface area contributed by atoms with E-state index in [0.717, 1.165) is 33.7 Å². The first-order valence-electron chi connectivity index (χ1n) is 11.4. The van der Waals surface area contributed by atoms with Gasteiger partial charge in [-0.1, -0.05) is 0 Å². The van der Waals surface area contributed by atoms with Gasteiger partial charge in [-0.25, -0.2) is 14.2 Å². The molecule has 2 fully saturated rings. The van der Waals surface area contributed by atoms with E-state index in [4.69, 9.17) is 9.05 Å². The smallest absolute Gasteiger partial charge is 0.396 e. The Bertz CT molecular complexity index is 1400. The molecule has 9 atom stereocenters. The van der Waals surface area contributed by atoms with Crippen LogP contribution in [0.25, 0.3) is 0 Å². The summed E-state index contributed by atoms with van der Waals surface area (Å²) in [5.41, 5.74) is -2.92. The Hall–Kier alpha value is -2.69. The number of aliphatic hydroxyl groups is 4. The lowest BCUT2D eigenvalue weighted by Crippen LogP contribution is -2.38. The number of phosphoric ester groups is 1. The van der Waals surface area contributed by atoms with Crippen molar-refractivity contribution >= 4 is 7.82 Å². The summed E-state index contributed by atoms with van der Waals surface area (Å²) in [4.78, 5) is 61.1. The zero-order chi connectivity index (χ0) is 27.1. The third kappa shape index (κ3) is 5.61. The number of nitrogens with one attached hydrogen (secondary N) is 2. The van der Waals surface area contributed by atoms with Crippen molar-refractivity contribution in [3.63, 3.8) is 0 Å². The second-order valence-electron chi connectivity index (χ2n) is 9.15. The molecule has 37 heavy (non-hydrogen) atoms. The number of H-pyrrole nitrogens is 2. The van der Waals surface area contributed by atoms with E-state index in [-0.39, 0.29) is 12.8 Å². The van der Waals surface area contributed by atoms with Crippen LogP contribution in [-0.4, -0.2) is 82.1 Å². The summed E-state index contributed by atoms with van der Waals surface area (Å²) >= 11 is 0. The fourth-order valence-corrected chi connectivity index (χ4v) is 6.02. The fraction of sp³-hybridized carbons (Fsp3) is 0.600. The van der Waals surface area contributed by atoms with Gasteiger partial charge in [-0.3, -0.25) is 37.7 Å². The van der Waals surface area contributed by atoms with Gasteiger partial charge >= 0.3 is 19.2 Å². The average Bonchev–Trinajstić information content (AvgIpc) is 3.28. The molecular weight excluding hydrogens is 519 g/mol. The predicted octanol–water partition coefficient (Wildman–Crippen LogP) is -3.21. The summed E-state index contributed by atoms with van der Waals surface area (Å²) in [7, 11) is -4.90. The minimum Gasteiger partial charge on any atom is -0.396 e. The molecule has 0 aliphatic heterocycles. The molecule has 0 bridgehead atoms. The van der Waals surface area contributed by atoms with Crippen LogP contribution in [0, 0.1) is 11.8 Å². The zero-order valence-electron chi connectivity index (χ0n) is 19.2. The lowest BCUT2D eigenvalue weighted by molar-refractivity contribution is -0.0234. The SMILES string of the molecule is O=c1ccn([C@@H]2C[C@H](COP(=O)(O)O[C@@H]3[C@@H](CO)C[C@@H](n4ccc(=O)[nH]c4=O)[C@@H]3O)[C@@H](O)[C@H]2O)c(=O)[nH]1. The van der Waals surface area contributed by atoms with Crippen molar-refractivity contribution < 1.29 is 38.9 Å². The number of hydrogen-bond donors (Lipinski definition) is 7. The number of aromatic amines is 2. The molecule has 16 nitrogen and oxygen atoms in total. The largest absolute Gasteiger partial charge is 0.472 e. The van der Waals surface area contributed by atoms with E-state index in [1.807, 2.05) is 9.97 Å². The molecule has 4 rings (SSSR count). The summed E-state index contributed by atoms with van der Waals surface area (Å²) in [5.74, 6) is -1.77. The van der Waals surface area contributed by atoms with E-state index in [0.29, 0.717) is 0 Å². The van der Waals surface area contributed by atoms with Gasteiger partial charge in [0.25, 0.3) is 11.1 Å². The van der Waals surface area contributed by atoms with Gasteiger partial charge in [-0.2, -0.15) is 0 Å². The second-order valence-corrected chi connectivity index (χ2v) is 10.6. The van der Waals surface area contributed by atoms with Gasteiger partial charge in [-0.05, 0) is 12.8 Å². The van der Waals surface area contributed by atoms with E-state index in [1.165, 1.54) is 0 Å². The van der Waals surface area contributed by atoms with Crippen LogP contribution in [0.15, 0.2) is 43.7 Å². The summed E-state index contributed by atoms with van der Waals surface area (Å²) in [5, 5.41) is 41.2. The van der Waals surface area contributed by atoms with Gasteiger partial charge in [0.2, 0.25) is 0 Å². The summed E-state index contributed by atoms with van der Waals surface area (Å²) in [6.07, 6.45) is -3.58. The quantitative estimate of drug-likeness (QED) is 0.162. The van der Waals surface area contributed by atoms with Crippen molar-refractivity contribution in [2.24, 2.45) is 11.8 Å². The lowest BCUT2D eigenvalue weighted by Gasteiger charge is -2.25. The van der Waals surface area contributed by atoms with Crippen molar-refractivity contribution in [1.82, 2.24) is 19.1 Å². The highest BCUT2D eigenvalue weighted by Crippen LogP contribution is 2.51. The zero-order valence-corrected chi connectivity index (χ0v) is 20.1. The van der Waals surface area contributed by atoms with Crippen molar-refractivity contribution in [1.29, 1.82) is 0 Å². The highest BCUT2D eigenvalue weighted by molar-refractivity contribution is 7.47. The second kappa shape index (κ2) is 10.6. The number of hydrogen-bond acceptors (Lipinski definition) is 11. The first-order valence-corrected chi connectivity index (χ1v) is 12.8. The van der Waals surface area contributed by atoms with E-state index < -0.39 is 91.9 Å². The monoisotopic (exact) mass is 546 g/mol. The number of nitrogens with zero attached hydrogens (tertiary/aromatic N) is 2. The first-order chi connectivity index (χ1) is 17.4. The molecule has 2 aliphatic carbocycles. The Balaban J connectivity index is 1.43. The predicted molar refractivity (Wildman–Crippen MR) is 123 cm³/mol. The highest BCUT2D eigenvalue weighted by atomic mass is 31.2. The first kappa shape index (κ1) is 27.3. The maximum absolute atomic E-state index is 12.7. The molecule has 0 amide bonds. The molecule has 0 radical (unpaired) electrons. The van der Waals surface area contributed by atoms with Gasteiger partial charge in [0, 0.05) is 43.0 Å². The topological polar surface area (TPSA) is 246 Å². The molecule has 204 valence electrons. The van der Waals surface area contributed by atoms with Gasteiger partial charge in [-0.15, -0.1) is 0 Å². The minimum atomic E-state index is -4.90. The van der Waals surface area contributed by atoms with E-state index in [9.17, 15) is 49.1 Å². The van der Waals surface area contributed by atoms with Gasteiger partial charge < -0.3 is 25.3 Å². The summed E-state index contributed by atoms with van der Waals surface area (Å²) in [6.45, 7) is -1.13. The van der Waals surface area contributed by atoms with Crippen LogP contribution in [0.5, 0.6) is 0 Å². The Kier molecular flexibility index (Phi) is 7.83. The molecule has 0 aromatic carbocycles. The number of aliphatic hydroxyl groups excluding tert-OH is 4. The van der Waals surface area contributed by atoms with Crippen molar-refractivity contribution in [2.45, 2.75) is 49.3 Å². The van der Waals surface area contributed by atoms with Crippen LogP contribution in [0.1, 0.15) is 24.9 Å². The lowest BCUT2D eigenvalue weighted by atomic mass is 10.1. The van der Waals surface area contributed by atoms with Gasteiger partial charge in [0.05, 0.1) is 24.8 Å². The third-order valence-electron chi connectivity index (χ3n) is 6.87. The Morgan fingerprint density at radius 1 is 0.865 bits per heavy atom. The highest BCUT2D eigenvalue weighted by Gasteiger charge is 2.48. The number of aromatic nitrogens is 4. The molecule has 2 aromatic rings. The molecule has 7 N–H and O–H groups in total. The molecule has 2 saturated carbocycles. The number of phosphoric acid groups is 1. The fourth-order valence-electron chi connectivity index (χ4n) is 4.98. The maximum atomic E-state index is 12.7. The summed E-state index contributed by atoms with van der Waals surface area (Å²) in [6, 6.07) is 0.207. The van der Waals surface area contributed by atoms with Crippen LogP contribution in [0.4, 0.5) is 0 Å². The standard InChI is InChI=1S/C20H27N4O12P/c25-7-9-5-12(24-4-2-14(27)22-20(24)32)17(30)18(9)36-37(33,34)35-8-10-6-11(16(29)15(10)28)23-3-1-13(26)21-19(23)31/h1-4,9-12,15-18,25,28-30H,5-8H2,(H,33,34)(H,21,26,31)(H,22,27,32)/t9-,10-,11-,12-,15-,16+,17+,18-/m1/s1. The molecule has 0 spiro atoms. The minimum absolute atomic E-state index is 0.0165. The summed E-state index contributed by atoms with van der Waals surface area (Å²) < 4.78 is 24.9. The normalized spacial score (nSPS) is 33.4. The van der Waals surface area contributed by atoms with E-state index >= 15 is 0 Å². The van der Waals surface area contributed by atoms with Crippen LogP contribution in [0.2, 0.25) is 0 Å². The van der Waals surface area contributed by atoms with Crippen LogP contribution < -0.4 is 22.5 Å². The van der Waals surface area contributed by atoms with Crippen molar-refractivity contribution in [3.8, 4) is 0 Å². The molecule has 1 unspecified atom stereocenters. The molecule has 2 aromatic heterocycles. The average molecular weight is 546 g/mol. The van der Waals surface area contributed by atoms with E-state index in [1.54, 1.807) is 0 Å². The maximum Gasteiger partial charge on any atom is 0.472 e. The Labute approximate surface area is 207 Å². The molecule has 17 heteroatoms. The third-order valence-corrected chi connectivity index (χ3v) is 7.85. The molecular formula is C20H27N4O12P. The van der Waals surface area contributed by atoms with E-state index in [2.05, 4.69) is 0 Å². The molecule has 2 aliphatic rings. The van der Waals surface area contributed by atoms with Crippen molar-refractivity contribution in [3.05, 3.63) is 66.2 Å². The van der Waals surface area contributed by atoms with Crippen LogP contribution >= 0.6 is 7.82 Å². The molecule has 2 heterocycles. The Morgan fingerprint density at radius 3 is 1.89 bits per heavy atom. The van der Waals surface area contributed by atoms with Crippen molar-refractivity contribution in [2.75, 3.05) is 13.2 Å². The van der Waals surface area contributed by atoms with Crippen LogP contribution in [-0.2, 0) is 13.6 Å². The van der Waals surface area contributed by atoms with Gasteiger partial charge in [0.15, 0.2) is 0 Å². The molecule has 0 saturated heterocycles. The Morgan fingerprint density at radius 2 is 1.38 bits per heavy atom. The number of rotatable bonds is 8. The van der Waals surface area contributed by atoms with Crippen LogP contribution in [0.3, 0.4) is 0 Å².